The smallest absolute Gasteiger partial charge is 0.340 e. The van der Waals surface area contributed by atoms with Gasteiger partial charge in [0.25, 0.3) is 5.91 Å². The molecule has 0 unspecified atom stereocenters. The fraction of sp³-hybridized carbons (Fsp3) is 0.400. The standard InChI is InChI=1S/C15H20N4O4/c1-9(12-17-14(21)19-18-12)16-13(20)15(2,3)23-11-8-6-5-7-10(11)22-4/h5-9H,1-4H3,(H,16,20)(H2,17,18,19,21)/t9-/m0/s1. The van der Waals surface area contributed by atoms with E-state index in [1.807, 2.05) is 6.07 Å². The summed E-state index contributed by atoms with van der Waals surface area (Å²) in [6, 6.07) is 6.61. The lowest BCUT2D eigenvalue weighted by atomic mass is 10.1. The minimum absolute atomic E-state index is 0.344. The number of aromatic amines is 2. The van der Waals surface area contributed by atoms with E-state index >= 15 is 0 Å². The first-order chi connectivity index (χ1) is 10.8. The van der Waals surface area contributed by atoms with E-state index < -0.39 is 17.3 Å². The number of carbonyl (C=O) groups excluding carboxylic acids is 1. The van der Waals surface area contributed by atoms with Crippen LogP contribution in [-0.2, 0) is 4.79 Å². The van der Waals surface area contributed by atoms with Crippen molar-refractivity contribution in [2.75, 3.05) is 7.11 Å². The molecule has 0 radical (unpaired) electrons. The van der Waals surface area contributed by atoms with Crippen LogP contribution in [0.5, 0.6) is 11.5 Å². The van der Waals surface area contributed by atoms with Gasteiger partial charge in [-0.05, 0) is 32.9 Å². The van der Waals surface area contributed by atoms with Crippen LogP contribution in [0.4, 0.5) is 0 Å². The fourth-order valence-electron chi connectivity index (χ4n) is 1.95. The van der Waals surface area contributed by atoms with Crippen molar-refractivity contribution in [3.63, 3.8) is 0 Å². The number of carbonyl (C=O) groups is 1. The summed E-state index contributed by atoms with van der Waals surface area (Å²) in [5, 5.41) is 8.80. The number of rotatable bonds is 6. The number of ether oxygens (including phenoxy) is 2. The Labute approximate surface area is 133 Å². The maximum absolute atomic E-state index is 12.5. The molecular formula is C15H20N4O4. The van der Waals surface area contributed by atoms with Crippen molar-refractivity contribution >= 4 is 5.91 Å². The zero-order chi connectivity index (χ0) is 17.0. The van der Waals surface area contributed by atoms with E-state index in [-0.39, 0.29) is 5.91 Å². The van der Waals surface area contributed by atoms with Gasteiger partial charge in [0, 0.05) is 0 Å². The minimum Gasteiger partial charge on any atom is -0.493 e. The third-order valence-electron chi connectivity index (χ3n) is 3.26. The lowest BCUT2D eigenvalue weighted by Crippen LogP contribution is -2.47. The van der Waals surface area contributed by atoms with Crippen molar-refractivity contribution in [3.05, 3.63) is 40.6 Å². The van der Waals surface area contributed by atoms with Crippen LogP contribution in [0.25, 0.3) is 0 Å². The molecule has 0 saturated heterocycles. The van der Waals surface area contributed by atoms with Crippen molar-refractivity contribution in [1.29, 1.82) is 0 Å². The minimum atomic E-state index is -1.14. The third kappa shape index (κ3) is 3.91. The average Bonchev–Trinajstić information content (AvgIpc) is 2.94. The van der Waals surface area contributed by atoms with Crippen LogP contribution in [0.1, 0.15) is 32.6 Å². The Morgan fingerprint density at radius 3 is 2.52 bits per heavy atom. The second-order valence-corrected chi connectivity index (χ2v) is 5.52. The van der Waals surface area contributed by atoms with Crippen molar-refractivity contribution in [2.24, 2.45) is 0 Å². The van der Waals surface area contributed by atoms with Gasteiger partial charge >= 0.3 is 5.69 Å². The normalized spacial score (nSPS) is 12.5. The van der Waals surface area contributed by atoms with Crippen molar-refractivity contribution < 1.29 is 14.3 Å². The summed E-state index contributed by atoms with van der Waals surface area (Å²) in [4.78, 5) is 26.0. The van der Waals surface area contributed by atoms with Gasteiger partial charge < -0.3 is 14.8 Å². The molecule has 0 bridgehead atoms. The summed E-state index contributed by atoms with van der Waals surface area (Å²) in [7, 11) is 1.53. The Kier molecular flexibility index (Phi) is 4.73. The number of hydrogen-bond donors (Lipinski definition) is 3. The Hall–Kier alpha value is -2.77. The molecule has 0 aliphatic heterocycles. The summed E-state index contributed by atoms with van der Waals surface area (Å²) in [6.45, 7) is 5.01. The molecule has 1 aromatic carbocycles. The molecule has 1 amide bonds. The third-order valence-corrected chi connectivity index (χ3v) is 3.26. The van der Waals surface area contributed by atoms with E-state index in [0.29, 0.717) is 17.3 Å². The van der Waals surface area contributed by atoms with Gasteiger partial charge in [0.1, 0.15) is 0 Å². The van der Waals surface area contributed by atoms with Crippen LogP contribution >= 0.6 is 0 Å². The highest BCUT2D eigenvalue weighted by Crippen LogP contribution is 2.29. The second kappa shape index (κ2) is 6.55. The van der Waals surface area contributed by atoms with Crippen LogP contribution in [-0.4, -0.2) is 33.8 Å². The molecule has 0 saturated carbocycles. The Morgan fingerprint density at radius 2 is 1.96 bits per heavy atom. The number of nitrogens with one attached hydrogen (secondary N) is 3. The number of hydrogen-bond acceptors (Lipinski definition) is 5. The Bertz CT molecular complexity index is 735. The van der Waals surface area contributed by atoms with E-state index in [4.69, 9.17) is 9.47 Å². The average molecular weight is 320 g/mol. The topological polar surface area (TPSA) is 109 Å². The first-order valence-corrected chi connectivity index (χ1v) is 7.11. The van der Waals surface area contributed by atoms with Gasteiger partial charge in [0.05, 0.1) is 13.2 Å². The van der Waals surface area contributed by atoms with Gasteiger partial charge in [-0.25, -0.2) is 9.89 Å². The summed E-state index contributed by atoms with van der Waals surface area (Å²) >= 11 is 0. The summed E-state index contributed by atoms with van der Waals surface area (Å²) < 4.78 is 11.0. The fourth-order valence-corrected chi connectivity index (χ4v) is 1.95. The maximum atomic E-state index is 12.5. The van der Waals surface area contributed by atoms with Gasteiger partial charge in [-0.2, -0.15) is 5.10 Å². The largest absolute Gasteiger partial charge is 0.493 e. The van der Waals surface area contributed by atoms with Crippen molar-refractivity contribution in [3.8, 4) is 11.5 Å². The molecule has 2 aromatic rings. The predicted octanol–water partition coefficient (Wildman–Crippen LogP) is 1.14. The van der Waals surface area contributed by atoms with E-state index in [0.717, 1.165) is 0 Å². The van der Waals surface area contributed by atoms with Gasteiger partial charge in [0.2, 0.25) is 0 Å². The zero-order valence-corrected chi connectivity index (χ0v) is 13.5. The summed E-state index contributed by atoms with van der Waals surface area (Å²) in [5.74, 6) is 1.00. The Morgan fingerprint density at radius 1 is 1.30 bits per heavy atom. The lowest BCUT2D eigenvalue weighted by molar-refractivity contribution is -0.135. The maximum Gasteiger partial charge on any atom is 0.340 e. The monoisotopic (exact) mass is 320 g/mol. The first-order valence-electron chi connectivity index (χ1n) is 7.11. The number of H-pyrrole nitrogens is 2. The number of aromatic nitrogens is 3. The molecule has 23 heavy (non-hydrogen) atoms. The number of nitrogens with zero attached hydrogens (tertiary/aromatic N) is 1. The molecule has 124 valence electrons. The number of amides is 1. The molecule has 0 aliphatic rings. The molecular weight excluding hydrogens is 300 g/mol. The Balaban J connectivity index is 2.09. The first kappa shape index (κ1) is 16.6. The van der Waals surface area contributed by atoms with Gasteiger partial charge in [0.15, 0.2) is 22.9 Å². The van der Waals surface area contributed by atoms with Crippen LogP contribution in [0, 0.1) is 0 Å². The summed E-state index contributed by atoms with van der Waals surface area (Å²) in [5.41, 5.74) is -1.56. The number of para-hydroxylation sites is 2. The molecule has 8 heteroatoms. The predicted molar refractivity (Wildman–Crippen MR) is 83.5 cm³/mol. The molecule has 1 atom stereocenters. The second-order valence-electron chi connectivity index (χ2n) is 5.52. The van der Waals surface area contributed by atoms with Crippen molar-refractivity contribution in [2.45, 2.75) is 32.4 Å². The zero-order valence-electron chi connectivity index (χ0n) is 13.5. The van der Waals surface area contributed by atoms with E-state index in [1.54, 1.807) is 39.0 Å². The number of methoxy groups -OCH3 is 1. The summed E-state index contributed by atoms with van der Waals surface area (Å²) in [6.07, 6.45) is 0. The highest BCUT2D eigenvalue weighted by Gasteiger charge is 2.32. The van der Waals surface area contributed by atoms with Crippen LogP contribution in [0.15, 0.2) is 29.1 Å². The van der Waals surface area contributed by atoms with Crippen LogP contribution in [0.3, 0.4) is 0 Å². The van der Waals surface area contributed by atoms with Gasteiger partial charge in [-0.1, -0.05) is 12.1 Å². The number of benzene rings is 1. The van der Waals surface area contributed by atoms with E-state index in [1.165, 1.54) is 7.11 Å². The lowest BCUT2D eigenvalue weighted by Gasteiger charge is -2.27. The van der Waals surface area contributed by atoms with Gasteiger partial charge in [-0.3, -0.25) is 9.78 Å². The van der Waals surface area contributed by atoms with Crippen molar-refractivity contribution in [1.82, 2.24) is 20.5 Å². The van der Waals surface area contributed by atoms with E-state index in [2.05, 4.69) is 20.5 Å². The molecule has 1 aromatic heterocycles. The molecule has 1 heterocycles. The van der Waals surface area contributed by atoms with E-state index in [9.17, 15) is 9.59 Å². The SMILES string of the molecule is COc1ccccc1OC(C)(C)C(=O)N[C@@H](C)c1n[nH]c(=O)[nH]1. The van der Waals surface area contributed by atoms with Crippen LogP contribution < -0.4 is 20.5 Å². The molecule has 0 spiro atoms. The molecule has 0 aliphatic carbocycles. The quantitative estimate of drug-likeness (QED) is 0.739. The molecule has 2 rings (SSSR count). The van der Waals surface area contributed by atoms with Crippen LogP contribution in [0.2, 0.25) is 0 Å². The molecule has 8 nitrogen and oxygen atoms in total. The highest BCUT2D eigenvalue weighted by molar-refractivity contribution is 5.85. The molecule has 3 N–H and O–H groups in total. The molecule has 0 fully saturated rings. The van der Waals surface area contributed by atoms with Gasteiger partial charge in [-0.15, -0.1) is 0 Å². The highest BCUT2D eigenvalue weighted by atomic mass is 16.5.